The van der Waals surface area contributed by atoms with Crippen LogP contribution in [-0.2, 0) is 9.59 Å². The molecule has 2 rings (SSSR count). The Morgan fingerprint density at radius 3 is 1.22 bits per heavy atom. The van der Waals surface area contributed by atoms with Crippen LogP contribution in [0.15, 0.2) is 0 Å². The maximum absolute atomic E-state index is 12.0. The molecule has 0 amide bonds. The van der Waals surface area contributed by atoms with Gasteiger partial charge in [-0.15, -0.1) is 12.4 Å². The summed E-state index contributed by atoms with van der Waals surface area (Å²) in [5.74, 6) is 0.852. The summed E-state index contributed by atoms with van der Waals surface area (Å²) in [7, 11) is 0. The van der Waals surface area contributed by atoms with Gasteiger partial charge < -0.3 is 0 Å². The van der Waals surface area contributed by atoms with Crippen LogP contribution in [0.5, 0.6) is 0 Å². The van der Waals surface area contributed by atoms with Crippen molar-refractivity contribution in [1.82, 2.24) is 9.80 Å². The van der Waals surface area contributed by atoms with Gasteiger partial charge in [-0.25, -0.2) is 0 Å². The number of carbonyl (C=O) groups is 2. The molecule has 27 heavy (non-hydrogen) atoms. The van der Waals surface area contributed by atoms with E-state index in [1.54, 1.807) is 0 Å². The number of unbranched alkanes of at least 4 members (excludes halogenated alkanes) is 5. The van der Waals surface area contributed by atoms with Gasteiger partial charge in [0.25, 0.3) is 0 Å². The van der Waals surface area contributed by atoms with Gasteiger partial charge in [0, 0.05) is 12.8 Å². The SMILES string of the molecule is Cl.O=C(CCCCCCCCC(=O)CN1CCCCC1)CN1CCCCC1. The van der Waals surface area contributed by atoms with Crippen molar-refractivity contribution in [2.24, 2.45) is 0 Å². The van der Waals surface area contributed by atoms with Gasteiger partial charge in [0.1, 0.15) is 11.6 Å². The van der Waals surface area contributed by atoms with Crippen molar-refractivity contribution < 1.29 is 9.59 Å². The summed E-state index contributed by atoms with van der Waals surface area (Å²) in [6, 6.07) is 0. The molecule has 4 nitrogen and oxygen atoms in total. The van der Waals surface area contributed by atoms with Crippen molar-refractivity contribution >= 4 is 24.0 Å². The van der Waals surface area contributed by atoms with E-state index >= 15 is 0 Å². The fraction of sp³-hybridized carbons (Fsp3) is 0.909. The number of halogens is 1. The summed E-state index contributed by atoms with van der Waals surface area (Å²) < 4.78 is 0. The number of hydrogen-bond acceptors (Lipinski definition) is 4. The minimum atomic E-state index is 0. The lowest BCUT2D eigenvalue weighted by atomic mass is 10.0. The van der Waals surface area contributed by atoms with Crippen molar-refractivity contribution in [3.63, 3.8) is 0 Å². The highest BCUT2D eigenvalue weighted by atomic mass is 35.5. The van der Waals surface area contributed by atoms with E-state index in [1.165, 1.54) is 51.4 Å². The highest BCUT2D eigenvalue weighted by molar-refractivity contribution is 5.85. The minimum Gasteiger partial charge on any atom is -0.298 e. The minimum absolute atomic E-state index is 0. The standard InChI is InChI=1S/C22H40N2O2.ClH/c25-21(19-23-15-9-5-10-16-23)13-7-3-1-2-4-8-14-22(26)20-24-17-11-6-12-18-24;/h1-20H2;1H. The van der Waals surface area contributed by atoms with Crippen LogP contribution < -0.4 is 0 Å². The van der Waals surface area contributed by atoms with Crippen molar-refractivity contribution in [2.45, 2.75) is 89.9 Å². The predicted octanol–water partition coefficient (Wildman–Crippen LogP) is 4.64. The Bertz CT molecular complexity index is 367. The van der Waals surface area contributed by atoms with Crippen LogP contribution in [0.4, 0.5) is 0 Å². The molecule has 158 valence electrons. The van der Waals surface area contributed by atoms with E-state index in [1.807, 2.05) is 0 Å². The van der Waals surface area contributed by atoms with Gasteiger partial charge in [0.2, 0.25) is 0 Å². The summed E-state index contributed by atoms with van der Waals surface area (Å²) in [6.07, 6.45) is 16.0. The van der Waals surface area contributed by atoms with Gasteiger partial charge in [0.15, 0.2) is 0 Å². The predicted molar refractivity (Wildman–Crippen MR) is 115 cm³/mol. The first kappa shape index (κ1) is 24.6. The number of hydrogen-bond donors (Lipinski definition) is 0. The molecular weight excluding hydrogens is 360 g/mol. The van der Waals surface area contributed by atoms with Gasteiger partial charge in [0.05, 0.1) is 13.1 Å². The second-order valence-corrected chi connectivity index (χ2v) is 8.37. The molecule has 0 bridgehead atoms. The summed E-state index contributed by atoms with van der Waals surface area (Å²) >= 11 is 0. The van der Waals surface area contributed by atoms with E-state index in [2.05, 4.69) is 9.80 Å². The van der Waals surface area contributed by atoms with Gasteiger partial charge >= 0.3 is 0 Å². The Hall–Kier alpha value is -0.450. The first-order valence-corrected chi connectivity index (χ1v) is 11.2. The molecule has 0 saturated carbocycles. The van der Waals surface area contributed by atoms with Crippen LogP contribution in [0.3, 0.4) is 0 Å². The molecule has 0 radical (unpaired) electrons. The average Bonchev–Trinajstić information content (AvgIpc) is 2.65. The topological polar surface area (TPSA) is 40.6 Å². The number of carbonyl (C=O) groups excluding carboxylic acids is 2. The molecule has 0 N–H and O–H groups in total. The zero-order chi connectivity index (χ0) is 18.5. The Morgan fingerprint density at radius 1 is 0.519 bits per heavy atom. The molecule has 0 aromatic carbocycles. The number of rotatable bonds is 13. The molecule has 2 heterocycles. The quantitative estimate of drug-likeness (QED) is 0.422. The summed E-state index contributed by atoms with van der Waals surface area (Å²) in [4.78, 5) is 28.7. The number of Topliss-reactive ketones (excluding diaryl/α,β-unsaturated/α-hetero) is 2. The molecule has 0 aromatic rings. The summed E-state index contributed by atoms with van der Waals surface area (Å²) in [6.45, 7) is 5.81. The van der Waals surface area contributed by atoms with Crippen LogP contribution in [0.2, 0.25) is 0 Å². The van der Waals surface area contributed by atoms with Gasteiger partial charge in [-0.3, -0.25) is 19.4 Å². The zero-order valence-electron chi connectivity index (χ0n) is 17.3. The molecular formula is C22H41ClN2O2. The summed E-state index contributed by atoms with van der Waals surface area (Å²) in [5.41, 5.74) is 0. The van der Waals surface area contributed by atoms with Crippen LogP contribution in [0.25, 0.3) is 0 Å². The van der Waals surface area contributed by atoms with E-state index in [0.717, 1.165) is 64.7 Å². The fourth-order valence-electron chi connectivity index (χ4n) is 4.24. The Morgan fingerprint density at radius 2 is 0.852 bits per heavy atom. The van der Waals surface area contributed by atoms with Crippen LogP contribution in [0, 0.1) is 0 Å². The lowest BCUT2D eigenvalue weighted by Gasteiger charge is -2.25. The monoisotopic (exact) mass is 400 g/mol. The number of likely N-dealkylation sites (tertiary alicyclic amines) is 2. The molecule has 2 fully saturated rings. The van der Waals surface area contributed by atoms with Crippen LogP contribution >= 0.6 is 12.4 Å². The van der Waals surface area contributed by atoms with Crippen LogP contribution in [-0.4, -0.2) is 60.6 Å². The van der Waals surface area contributed by atoms with Crippen molar-refractivity contribution in [2.75, 3.05) is 39.3 Å². The third-order valence-electron chi connectivity index (χ3n) is 5.86. The van der Waals surface area contributed by atoms with E-state index < -0.39 is 0 Å². The molecule has 0 aromatic heterocycles. The molecule has 0 aliphatic carbocycles. The van der Waals surface area contributed by atoms with Crippen LogP contribution in [0.1, 0.15) is 89.9 Å². The van der Waals surface area contributed by atoms with Gasteiger partial charge in [-0.05, 0) is 64.7 Å². The fourth-order valence-corrected chi connectivity index (χ4v) is 4.24. The lowest BCUT2D eigenvalue weighted by molar-refractivity contribution is -0.121. The highest BCUT2D eigenvalue weighted by Crippen LogP contribution is 2.12. The molecule has 5 heteroatoms. The molecule has 0 atom stereocenters. The largest absolute Gasteiger partial charge is 0.298 e. The first-order valence-electron chi connectivity index (χ1n) is 11.2. The average molecular weight is 401 g/mol. The molecule has 2 saturated heterocycles. The third-order valence-corrected chi connectivity index (χ3v) is 5.86. The molecule has 0 unspecified atom stereocenters. The van der Waals surface area contributed by atoms with Crippen molar-refractivity contribution in [3.05, 3.63) is 0 Å². The van der Waals surface area contributed by atoms with E-state index in [0.29, 0.717) is 24.7 Å². The lowest BCUT2D eigenvalue weighted by Crippen LogP contribution is -2.34. The first-order chi connectivity index (χ1) is 12.7. The normalized spacial score (nSPS) is 18.8. The van der Waals surface area contributed by atoms with Crippen molar-refractivity contribution in [3.8, 4) is 0 Å². The van der Waals surface area contributed by atoms with Crippen molar-refractivity contribution in [1.29, 1.82) is 0 Å². The maximum atomic E-state index is 12.0. The highest BCUT2D eigenvalue weighted by Gasteiger charge is 2.14. The Balaban J connectivity index is 0.00000364. The second kappa shape index (κ2) is 15.5. The van der Waals surface area contributed by atoms with E-state index in [9.17, 15) is 9.59 Å². The second-order valence-electron chi connectivity index (χ2n) is 8.37. The molecule has 0 spiro atoms. The molecule has 2 aliphatic rings. The number of piperidine rings is 2. The van der Waals surface area contributed by atoms with E-state index in [-0.39, 0.29) is 12.4 Å². The Kier molecular flexibility index (Phi) is 14.1. The number of nitrogens with zero attached hydrogens (tertiary/aromatic N) is 2. The van der Waals surface area contributed by atoms with Gasteiger partial charge in [-0.2, -0.15) is 0 Å². The van der Waals surface area contributed by atoms with Gasteiger partial charge in [-0.1, -0.05) is 38.5 Å². The maximum Gasteiger partial charge on any atom is 0.146 e. The molecule has 2 aliphatic heterocycles. The van der Waals surface area contributed by atoms with E-state index in [4.69, 9.17) is 0 Å². The third kappa shape index (κ3) is 11.9. The summed E-state index contributed by atoms with van der Waals surface area (Å²) in [5, 5.41) is 0. The zero-order valence-corrected chi connectivity index (χ0v) is 18.1. The number of ketones is 2. The smallest absolute Gasteiger partial charge is 0.146 e. The Labute approximate surface area is 172 Å².